The van der Waals surface area contributed by atoms with Crippen LogP contribution in [0.5, 0.6) is 0 Å². The Kier molecular flexibility index (Phi) is 5.35. The second-order valence-electron chi connectivity index (χ2n) is 10.9. The van der Waals surface area contributed by atoms with Gasteiger partial charge in [-0.2, -0.15) is 0 Å². The Bertz CT molecular complexity index is 1260. The summed E-state index contributed by atoms with van der Waals surface area (Å²) in [6.45, 7) is 0.541. The highest BCUT2D eigenvalue weighted by Crippen LogP contribution is 2.48. The summed E-state index contributed by atoms with van der Waals surface area (Å²) < 4.78 is 12.6. The van der Waals surface area contributed by atoms with Gasteiger partial charge in [0.1, 0.15) is 17.3 Å². The Morgan fingerprint density at radius 2 is 1.75 bits per heavy atom. The predicted octanol–water partition coefficient (Wildman–Crippen LogP) is 5.91. The Balaban J connectivity index is 1.09. The molecule has 4 fully saturated rings. The molecule has 7 nitrogen and oxygen atoms in total. The molecule has 4 heterocycles. The Labute approximate surface area is 210 Å². The highest BCUT2D eigenvalue weighted by molar-refractivity contribution is 5.87. The zero-order valence-electron chi connectivity index (χ0n) is 20.3. The van der Waals surface area contributed by atoms with Crippen molar-refractivity contribution in [2.75, 3.05) is 4.90 Å². The van der Waals surface area contributed by atoms with E-state index in [9.17, 15) is 9.90 Å². The lowest BCUT2D eigenvalue weighted by Gasteiger charge is -2.39. The molecule has 7 rings (SSSR count). The molecule has 1 aromatic carbocycles. The average Bonchev–Trinajstić information content (AvgIpc) is 3.83. The van der Waals surface area contributed by atoms with Gasteiger partial charge < -0.3 is 19.3 Å². The van der Waals surface area contributed by atoms with Crippen LogP contribution >= 0.6 is 0 Å². The van der Waals surface area contributed by atoms with Gasteiger partial charge in [-0.1, -0.05) is 29.4 Å². The number of hydrogen-bond acceptors (Lipinski definition) is 6. The van der Waals surface area contributed by atoms with Gasteiger partial charge in [-0.3, -0.25) is 0 Å². The number of aromatic carboxylic acids is 1. The van der Waals surface area contributed by atoms with Gasteiger partial charge in [0.05, 0.1) is 18.3 Å². The van der Waals surface area contributed by atoms with Gasteiger partial charge in [-0.25, -0.2) is 9.78 Å². The third-order valence-electron chi connectivity index (χ3n) is 8.41. The molecule has 2 aliphatic carbocycles. The van der Waals surface area contributed by atoms with Gasteiger partial charge in [0.25, 0.3) is 0 Å². The van der Waals surface area contributed by atoms with E-state index >= 15 is 0 Å². The number of rotatable bonds is 8. The van der Waals surface area contributed by atoms with Crippen LogP contribution in [0, 0.1) is 0 Å². The van der Waals surface area contributed by atoms with Gasteiger partial charge in [0.15, 0.2) is 0 Å². The molecule has 0 unspecified atom stereocenters. The molecule has 186 valence electrons. The fraction of sp³-hybridized carbons (Fsp3) is 0.483. The van der Waals surface area contributed by atoms with Crippen molar-refractivity contribution in [1.82, 2.24) is 10.1 Å². The van der Waals surface area contributed by atoms with Crippen molar-refractivity contribution < 1.29 is 19.2 Å². The first-order valence-corrected chi connectivity index (χ1v) is 13.3. The monoisotopic (exact) mass is 485 g/mol. The maximum absolute atomic E-state index is 11.2. The molecule has 1 N–H and O–H groups in total. The number of hydrogen-bond donors (Lipinski definition) is 1. The topological polar surface area (TPSA) is 88.7 Å². The average molecular weight is 486 g/mol. The van der Waals surface area contributed by atoms with E-state index < -0.39 is 5.97 Å². The Morgan fingerprint density at radius 3 is 2.42 bits per heavy atom. The number of aromatic nitrogens is 2. The molecule has 0 radical (unpaired) electrons. The lowest BCUT2D eigenvalue weighted by molar-refractivity contribution is 0.0146. The van der Waals surface area contributed by atoms with Crippen LogP contribution in [0.3, 0.4) is 0 Å². The van der Waals surface area contributed by atoms with E-state index in [4.69, 9.17) is 9.26 Å². The van der Waals surface area contributed by atoms with E-state index in [0.29, 0.717) is 30.5 Å². The molecule has 0 amide bonds. The van der Waals surface area contributed by atoms with Crippen LogP contribution in [0.25, 0.3) is 11.3 Å². The first kappa shape index (κ1) is 22.0. The fourth-order valence-corrected chi connectivity index (χ4v) is 6.31. The third-order valence-corrected chi connectivity index (χ3v) is 8.41. The van der Waals surface area contributed by atoms with Gasteiger partial charge in [-0.15, -0.1) is 0 Å². The van der Waals surface area contributed by atoms with Crippen molar-refractivity contribution in [1.29, 1.82) is 0 Å². The van der Waals surface area contributed by atoms with E-state index in [1.807, 2.05) is 6.07 Å². The lowest BCUT2D eigenvalue weighted by Crippen LogP contribution is -2.46. The molecule has 2 aromatic heterocycles. The zero-order chi connectivity index (χ0) is 24.2. The number of piperidine rings is 1. The smallest absolute Gasteiger partial charge is 0.337 e. The molecule has 3 atom stereocenters. The molecule has 2 aliphatic heterocycles. The Hall–Kier alpha value is -3.19. The largest absolute Gasteiger partial charge is 0.478 e. The van der Waals surface area contributed by atoms with Crippen molar-refractivity contribution >= 4 is 11.8 Å². The fourth-order valence-electron chi connectivity index (χ4n) is 6.31. The highest BCUT2D eigenvalue weighted by atomic mass is 16.5. The number of pyridine rings is 1. The molecule has 0 spiro atoms. The first-order valence-electron chi connectivity index (χ1n) is 13.3. The summed E-state index contributed by atoms with van der Waals surface area (Å²) in [5.74, 6) is 2.09. The molecule has 2 saturated heterocycles. The van der Waals surface area contributed by atoms with Crippen LogP contribution in [0.4, 0.5) is 5.82 Å². The predicted molar refractivity (Wildman–Crippen MR) is 134 cm³/mol. The lowest BCUT2D eigenvalue weighted by atomic mass is 9.96. The summed E-state index contributed by atoms with van der Waals surface area (Å²) >= 11 is 0. The second-order valence-corrected chi connectivity index (χ2v) is 10.9. The van der Waals surface area contributed by atoms with E-state index in [-0.39, 0.29) is 11.7 Å². The number of carbonyl (C=O) groups is 1. The van der Waals surface area contributed by atoms with Gasteiger partial charge in [0.2, 0.25) is 0 Å². The normalized spacial score (nSPS) is 25.3. The van der Waals surface area contributed by atoms with Crippen LogP contribution in [0.2, 0.25) is 0 Å². The van der Waals surface area contributed by atoms with Crippen molar-refractivity contribution in [2.45, 2.75) is 88.0 Å². The molecular formula is C29H31N3O4. The number of fused-ring (bicyclic) bond motifs is 2. The number of ether oxygens (including phenoxy) is 1. The number of anilines is 1. The summed E-state index contributed by atoms with van der Waals surface area (Å²) in [7, 11) is 0. The van der Waals surface area contributed by atoms with Gasteiger partial charge in [-0.05, 0) is 75.0 Å². The molecular weight excluding hydrogens is 454 g/mol. The van der Waals surface area contributed by atoms with E-state index in [2.05, 4.69) is 39.3 Å². The first-order chi connectivity index (χ1) is 17.7. The number of nitrogens with zero attached hydrogens (tertiary/aromatic N) is 3. The van der Waals surface area contributed by atoms with E-state index in [1.165, 1.54) is 43.0 Å². The maximum Gasteiger partial charge on any atom is 0.337 e. The van der Waals surface area contributed by atoms with Crippen molar-refractivity contribution in [2.24, 2.45) is 0 Å². The van der Waals surface area contributed by atoms with Crippen LogP contribution in [-0.2, 0) is 11.3 Å². The summed E-state index contributed by atoms with van der Waals surface area (Å²) in [5.41, 5.74) is 4.94. The van der Waals surface area contributed by atoms with Crippen LogP contribution in [0.15, 0.2) is 47.1 Å². The molecule has 7 heteroatoms. The Morgan fingerprint density at radius 1 is 1.00 bits per heavy atom. The van der Waals surface area contributed by atoms with Crippen LogP contribution in [0.1, 0.15) is 90.4 Å². The minimum Gasteiger partial charge on any atom is -0.478 e. The zero-order valence-corrected chi connectivity index (χ0v) is 20.3. The van der Waals surface area contributed by atoms with Gasteiger partial charge in [0, 0.05) is 35.3 Å². The molecule has 2 bridgehead atoms. The van der Waals surface area contributed by atoms with Crippen molar-refractivity contribution in [3.63, 3.8) is 0 Å². The highest BCUT2D eigenvalue weighted by Gasteiger charge is 2.42. The maximum atomic E-state index is 11.2. The third kappa shape index (κ3) is 3.99. The SMILES string of the molecule is O=C(O)c1ccc(N2[C@@H]3CC[C@H]2C[C@@H](OCc2c(-c4ccccc4C4CC4)noc2C2CC2)C3)nc1. The second kappa shape index (κ2) is 8.73. The number of carboxylic acids is 1. The van der Waals surface area contributed by atoms with Crippen LogP contribution in [-0.4, -0.2) is 39.4 Å². The van der Waals surface area contributed by atoms with E-state index in [0.717, 1.165) is 48.5 Å². The molecule has 2 saturated carbocycles. The van der Waals surface area contributed by atoms with Crippen molar-refractivity contribution in [3.8, 4) is 11.3 Å². The van der Waals surface area contributed by atoms with Crippen LogP contribution < -0.4 is 4.90 Å². The van der Waals surface area contributed by atoms with Crippen molar-refractivity contribution in [3.05, 3.63) is 65.0 Å². The molecule has 3 aromatic rings. The summed E-state index contributed by atoms with van der Waals surface area (Å²) in [4.78, 5) is 18.1. The number of benzene rings is 1. The molecule has 4 aliphatic rings. The quantitative estimate of drug-likeness (QED) is 0.424. The minimum atomic E-state index is -0.942. The summed E-state index contributed by atoms with van der Waals surface area (Å²) in [6, 6.07) is 12.9. The molecule has 36 heavy (non-hydrogen) atoms. The summed E-state index contributed by atoms with van der Waals surface area (Å²) in [5, 5.41) is 13.8. The number of carboxylic acid groups (broad SMARTS) is 1. The van der Waals surface area contributed by atoms with E-state index in [1.54, 1.807) is 6.07 Å². The van der Waals surface area contributed by atoms with Gasteiger partial charge >= 0.3 is 5.97 Å². The summed E-state index contributed by atoms with van der Waals surface area (Å²) in [6.07, 6.45) is 10.6. The standard InChI is InChI=1S/C29H31N3O4/c33-29(34)19-9-12-26(30-15-19)32-20-10-11-21(32)14-22(13-20)35-16-25-27(31-36-28(25)18-7-8-18)24-4-2-1-3-23(24)17-5-6-17/h1-4,9,12,15,17-18,20-22H,5-8,10-11,13-14,16H2,(H,33,34)/t20-,21+,22+. The minimum absolute atomic E-state index is 0.186.